The van der Waals surface area contributed by atoms with Crippen LogP contribution in [-0.2, 0) is 15.1 Å². The van der Waals surface area contributed by atoms with Crippen LogP contribution in [0.25, 0.3) is 0 Å². The van der Waals surface area contributed by atoms with Gasteiger partial charge >= 0.3 is 0 Å². The second-order valence-corrected chi connectivity index (χ2v) is 6.13. The van der Waals surface area contributed by atoms with Gasteiger partial charge in [0.1, 0.15) is 0 Å². The molecule has 1 saturated heterocycles. The number of ketones is 1. The molecule has 1 aromatic rings. The molecule has 2 unspecified atom stereocenters. The Kier molecular flexibility index (Phi) is 5.24. The van der Waals surface area contributed by atoms with Crippen LogP contribution >= 0.6 is 11.8 Å². The highest BCUT2D eigenvalue weighted by Gasteiger charge is 2.44. The molecule has 0 bridgehead atoms. The quantitative estimate of drug-likeness (QED) is 0.847. The zero-order valence-electron chi connectivity index (χ0n) is 12.4. The minimum Gasteiger partial charge on any atom is -0.360 e. The van der Waals surface area contributed by atoms with E-state index < -0.39 is 5.60 Å². The number of carbonyl (C=O) groups is 1. The van der Waals surface area contributed by atoms with E-state index in [0.717, 1.165) is 18.5 Å². The molecule has 3 nitrogen and oxygen atoms in total. The third-order valence-corrected chi connectivity index (χ3v) is 4.76. The van der Waals surface area contributed by atoms with Crippen molar-refractivity contribution < 1.29 is 9.53 Å². The number of morpholine rings is 1. The van der Waals surface area contributed by atoms with Crippen LogP contribution in [0.2, 0.25) is 0 Å². The molecular weight excluding hydrogens is 270 g/mol. The molecule has 0 radical (unpaired) electrons. The lowest BCUT2D eigenvalue weighted by atomic mass is 9.81. The molecule has 1 fully saturated rings. The summed E-state index contributed by atoms with van der Waals surface area (Å²) in [6.07, 6.45) is 2.89. The Hall–Kier alpha value is -0.840. The molecule has 0 amide bonds. The highest BCUT2D eigenvalue weighted by molar-refractivity contribution is 7.98. The van der Waals surface area contributed by atoms with Crippen molar-refractivity contribution in [3.8, 4) is 0 Å². The van der Waals surface area contributed by atoms with E-state index >= 15 is 0 Å². The lowest BCUT2D eigenvalue weighted by Gasteiger charge is -2.38. The Morgan fingerprint density at radius 1 is 1.45 bits per heavy atom. The summed E-state index contributed by atoms with van der Waals surface area (Å²) in [6.45, 7) is 5.97. The van der Waals surface area contributed by atoms with Crippen molar-refractivity contribution >= 4 is 17.5 Å². The molecule has 0 aromatic heterocycles. The summed E-state index contributed by atoms with van der Waals surface area (Å²) in [5.74, 6) is 0.194. The molecule has 0 spiro atoms. The molecule has 2 rings (SSSR count). The average Bonchev–Trinajstić information content (AvgIpc) is 2.54. The van der Waals surface area contributed by atoms with E-state index in [1.807, 2.05) is 32.2 Å². The van der Waals surface area contributed by atoms with Crippen molar-refractivity contribution in [2.24, 2.45) is 5.92 Å². The molecule has 1 aliphatic rings. The van der Waals surface area contributed by atoms with Gasteiger partial charge in [-0.1, -0.05) is 26.0 Å². The van der Waals surface area contributed by atoms with E-state index in [2.05, 4.69) is 17.4 Å². The summed E-state index contributed by atoms with van der Waals surface area (Å²) in [6, 6.07) is 8.17. The molecule has 0 aliphatic carbocycles. The zero-order chi connectivity index (χ0) is 14.6. The summed E-state index contributed by atoms with van der Waals surface area (Å²) in [4.78, 5) is 14.0. The van der Waals surface area contributed by atoms with Gasteiger partial charge in [0.25, 0.3) is 0 Å². The first kappa shape index (κ1) is 15.5. The maximum atomic E-state index is 12.8. The van der Waals surface area contributed by atoms with E-state index in [-0.39, 0.29) is 11.7 Å². The van der Waals surface area contributed by atoms with Gasteiger partial charge in [0.15, 0.2) is 11.4 Å². The van der Waals surface area contributed by atoms with Gasteiger partial charge in [-0.25, -0.2) is 0 Å². The maximum Gasteiger partial charge on any atom is 0.173 e. The van der Waals surface area contributed by atoms with E-state index in [0.29, 0.717) is 13.2 Å². The molecular formula is C16H23NO2S. The minimum absolute atomic E-state index is 0.00938. The molecule has 1 N–H and O–H groups in total. The predicted molar refractivity (Wildman–Crippen MR) is 83.2 cm³/mol. The van der Waals surface area contributed by atoms with Gasteiger partial charge in [-0.2, -0.15) is 0 Å². The van der Waals surface area contributed by atoms with Crippen molar-refractivity contribution in [1.29, 1.82) is 0 Å². The molecule has 1 aliphatic heterocycles. The second kappa shape index (κ2) is 6.74. The van der Waals surface area contributed by atoms with Crippen molar-refractivity contribution in [2.45, 2.75) is 30.8 Å². The van der Waals surface area contributed by atoms with Crippen LogP contribution in [0.5, 0.6) is 0 Å². The second-order valence-electron chi connectivity index (χ2n) is 5.25. The normalized spacial score (nSPS) is 24.4. The number of hydrogen-bond donors (Lipinski definition) is 1. The molecule has 110 valence electrons. The van der Waals surface area contributed by atoms with Crippen LogP contribution in [0.3, 0.4) is 0 Å². The highest BCUT2D eigenvalue weighted by Crippen LogP contribution is 2.33. The summed E-state index contributed by atoms with van der Waals surface area (Å²) in [5.41, 5.74) is 0.151. The Bertz CT molecular complexity index is 452. The largest absolute Gasteiger partial charge is 0.360 e. The molecule has 0 saturated carbocycles. The maximum absolute atomic E-state index is 12.8. The molecule has 4 heteroatoms. The van der Waals surface area contributed by atoms with Crippen LogP contribution in [-0.4, -0.2) is 31.7 Å². The third-order valence-electron chi connectivity index (χ3n) is 4.02. The Morgan fingerprint density at radius 2 is 2.15 bits per heavy atom. The smallest absolute Gasteiger partial charge is 0.173 e. The monoisotopic (exact) mass is 293 g/mol. The van der Waals surface area contributed by atoms with Crippen molar-refractivity contribution in [1.82, 2.24) is 5.32 Å². The summed E-state index contributed by atoms with van der Waals surface area (Å²) in [5, 5.41) is 3.31. The highest BCUT2D eigenvalue weighted by atomic mass is 32.2. The standard InChI is InChI=1S/C16H23NO2S/c1-4-12(2)15(18)16(11-17-9-10-19-16)13-5-7-14(20-3)8-6-13/h5-8,12,17H,4,9-11H2,1-3H3. The summed E-state index contributed by atoms with van der Waals surface area (Å²) in [7, 11) is 0. The molecule has 1 heterocycles. The lowest BCUT2D eigenvalue weighted by Crippen LogP contribution is -2.54. The number of carbonyl (C=O) groups excluding carboxylic acids is 1. The zero-order valence-corrected chi connectivity index (χ0v) is 13.3. The van der Waals surface area contributed by atoms with Gasteiger partial charge in [-0.05, 0) is 30.4 Å². The van der Waals surface area contributed by atoms with E-state index in [9.17, 15) is 4.79 Å². The predicted octanol–water partition coefficient (Wildman–Crippen LogP) is 2.84. The number of thioether (sulfide) groups is 1. The Balaban J connectivity index is 2.37. The van der Waals surface area contributed by atoms with Crippen molar-refractivity contribution in [3.63, 3.8) is 0 Å². The van der Waals surface area contributed by atoms with Gasteiger partial charge in [-0.3, -0.25) is 4.79 Å². The van der Waals surface area contributed by atoms with Crippen molar-refractivity contribution in [2.75, 3.05) is 26.0 Å². The number of benzene rings is 1. The van der Waals surface area contributed by atoms with Crippen LogP contribution in [0.1, 0.15) is 25.8 Å². The molecule has 1 aromatic carbocycles. The topological polar surface area (TPSA) is 38.3 Å². The third kappa shape index (κ3) is 2.92. The first-order valence-corrected chi connectivity index (χ1v) is 8.40. The Morgan fingerprint density at radius 3 is 2.65 bits per heavy atom. The van der Waals surface area contributed by atoms with Gasteiger partial charge in [0.2, 0.25) is 0 Å². The van der Waals surface area contributed by atoms with Gasteiger partial charge in [-0.15, -0.1) is 11.8 Å². The van der Waals surface area contributed by atoms with Gasteiger partial charge in [0.05, 0.1) is 6.61 Å². The summed E-state index contributed by atoms with van der Waals surface area (Å²) >= 11 is 1.70. The number of nitrogens with one attached hydrogen (secondary N) is 1. The van der Waals surface area contributed by atoms with Crippen LogP contribution < -0.4 is 5.32 Å². The van der Waals surface area contributed by atoms with Crippen LogP contribution in [0, 0.1) is 5.92 Å². The molecule has 20 heavy (non-hydrogen) atoms. The number of hydrogen-bond acceptors (Lipinski definition) is 4. The van der Waals surface area contributed by atoms with E-state index in [1.54, 1.807) is 11.8 Å². The number of Topliss-reactive ketones (excluding diaryl/α,β-unsaturated/α-hetero) is 1. The first-order valence-electron chi connectivity index (χ1n) is 7.17. The molecule has 2 atom stereocenters. The van der Waals surface area contributed by atoms with E-state index in [4.69, 9.17) is 4.74 Å². The lowest BCUT2D eigenvalue weighted by molar-refractivity contribution is -0.154. The van der Waals surface area contributed by atoms with Crippen LogP contribution in [0.15, 0.2) is 29.2 Å². The van der Waals surface area contributed by atoms with Gasteiger partial charge < -0.3 is 10.1 Å². The van der Waals surface area contributed by atoms with Crippen molar-refractivity contribution in [3.05, 3.63) is 29.8 Å². The number of ether oxygens (including phenoxy) is 1. The van der Waals surface area contributed by atoms with E-state index in [1.165, 1.54) is 4.90 Å². The SMILES string of the molecule is CCC(C)C(=O)C1(c2ccc(SC)cc2)CNCCO1. The average molecular weight is 293 g/mol. The fourth-order valence-electron chi connectivity index (χ4n) is 2.54. The summed E-state index contributed by atoms with van der Waals surface area (Å²) < 4.78 is 5.99. The minimum atomic E-state index is -0.815. The number of rotatable bonds is 5. The first-order chi connectivity index (χ1) is 9.64. The Labute approximate surface area is 125 Å². The fraction of sp³-hybridized carbons (Fsp3) is 0.562. The van der Waals surface area contributed by atoms with Crippen LogP contribution in [0.4, 0.5) is 0 Å². The fourth-order valence-corrected chi connectivity index (χ4v) is 2.95. The van der Waals surface area contributed by atoms with Gasteiger partial charge in [0, 0.05) is 23.9 Å².